The average molecular weight is 225 g/mol. The van der Waals surface area contributed by atoms with Gasteiger partial charge in [0.15, 0.2) is 0 Å². The van der Waals surface area contributed by atoms with Crippen molar-refractivity contribution in [1.82, 2.24) is 4.90 Å². The molecule has 0 spiro atoms. The third-order valence-electron chi connectivity index (χ3n) is 2.65. The molecule has 5 N–H and O–H groups in total. The SMILES string of the molecule is C=C(N)/N=C\N(C)C(C)(C)C(=N)CCCN. The standard InChI is InChI=1S/C11H23N5/c1-9(13)15-8-16(4)11(2,3)10(14)6-5-7-12/h8,14H,1,5-7,12-13H2,2-4H3/b14-10?,15-8-. The first-order valence-electron chi connectivity index (χ1n) is 5.31. The molecule has 0 aliphatic carbocycles. The van der Waals surface area contributed by atoms with Crippen molar-refractivity contribution >= 4 is 12.1 Å². The monoisotopic (exact) mass is 225 g/mol. The number of nitrogens with zero attached hydrogens (tertiary/aromatic N) is 2. The first-order chi connectivity index (χ1) is 7.32. The Bertz CT molecular complexity index is 280. The molecule has 0 amide bonds. The number of rotatable bonds is 7. The van der Waals surface area contributed by atoms with Crippen LogP contribution in [-0.2, 0) is 0 Å². The lowest BCUT2D eigenvalue weighted by Crippen LogP contribution is -2.47. The van der Waals surface area contributed by atoms with Crippen LogP contribution in [0.2, 0.25) is 0 Å². The zero-order valence-corrected chi connectivity index (χ0v) is 10.5. The topological polar surface area (TPSA) is 91.5 Å². The second-order valence-electron chi connectivity index (χ2n) is 4.28. The van der Waals surface area contributed by atoms with Crippen molar-refractivity contribution in [2.75, 3.05) is 13.6 Å². The van der Waals surface area contributed by atoms with E-state index >= 15 is 0 Å². The Morgan fingerprint density at radius 3 is 2.56 bits per heavy atom. The van der Waals surface area contributed by atoms with E-state index in [-0.39, 0.29) is 11.4 Å². The Balaban J connectivity index is 4.51. The Morgan fingerprint density at radius 2 is 2.12 bits per heavy atom. The number of nitrogens with two attached hydrogens (primary N) is 2. The van der Waals surface area contributed by atoms with Crippen molar-refractivity contribution in [2.45, 2.75) is 32.2 Å². The van der Waals surface area contributed by atoms with E-state index in [4.69, 9.17) is 16.9 Å². The normalized spacial score (nSPS) is 11.8. The lowest BCUT2D eigenvalue weighted by atomic mass is 9.93. The molecule has 0 saturated heterocycles. The summed E-state index contributed by atoms with van der Waals surface area (Å²) in [6.07, 6.45) is 3.13. The molecule has 0 aliphatic rings. The second-order valence-corrected chi connectivity index (χ2v) is 4.28. The van der Waals surface area contributed by atoms with Crippen LogP contribution in [0.25, 0.3) is 0 Å². The second kappa shape index (κ2) is 6.27. The van der Waals surface area contributed by atoms with Gasteiger partial charge in [-0.05, 0) is 33.2 Å². The molecule has 0 saturated carbocycles. The van der Waals surface area contributed by atoms with Crippen LogP contribution in [0, 0.1) is 5.41 Å². The average Bonchev–Trinajstić information content (AvgIpc) is 2.21. The largest absolute Gasteiger partial charge is 0.384 e. The van der Waals surface area contributed by atoms with Gasteiger partial charge in [-0.25, -0.2) is 4.99 Å². The van der Waals surface area contributed by atoms with E-state index < -0.39 is 0 Å². The first-order valence-corrected chi connectivity index (χ1v) is 5.31. The maximum atomic E-state index is 8.00. The summed E-state index contributed by atoms with van der Waals surface area (Å²) in [7, 11) is 1.86. The lowest BCUT2D eigenvalue weighted by molar-refractivity contribution is 0.349. The molecule has 0 unspecified atom stereocenters. The van der Waals surface area contributed by atoms with Gasteiger partial charge in [0.2, 0.25) is 0 Å². The number of hydrogen-bond donors (Lipinski definition) is 3. The van der Waals surface area contributed by atoms with E-state index in [1.54, 1.807) is 6.34 Å². The third kappa shape index (κ3) is 4.44. The van der Waals surface area contributed by atoms with Gasteiger partial charge in [0.25, 0.3) is 0 Å². The molecule has 0 aromatic rings. The van der Waals surface area contributed by atoms with E-state index in [9.17, 15) is 0 Å². The Labute approximate surface area is 97.7 Å². The number of aliphatic imine (C=N–C) groups is 1. The molecular formula is C11H23N5. The van der Waals surface area contributed by atoms with Crippen molar-refractivity contribution < 1.29 is 0 Å². The fraction of sp³-hybridized carbons (Fsp3) is 0.636. The highest BCUT2D eigenvalue weighted by molar-refractivity contribution is 5.91. The fourth-order valence-corrected chi connectivity index (χ4v) is 1.10. The van der Waals surface area contributed by atoms with Crippen molar-refractivity contribution in [3.8, 4) is 0 Å². The summed E-state index contributed by atoms with van der Waals surface area (Å²) < 4.78 is 0. The lowest BCUT2D eigenvalue weighted by Gasteiger charge is -2.34. The molecule has 0 rings (SSSR count). The highest BCUT2D eigenvalue weighted by Gasteiger charge is 2.26. The molecule has 0 radical (unpaired) electrons. The predicted molar refractivity (Wildman–Crippen MR) is 69.7 cm³/mol. The van der Waals surface area contributed by atoms with Crippen LogP contribution >= 0.6 is 0 Å². The van der Waals surface area contributed by atoms with Gasteiger partial charge in [-0.1, -0.05) is 6.58 Å². The van der Waals surface area contributed by atoms with Gasteiger partial charge in [0.1, 0.15) is 5.82 Å². The van der Waals surface area contributed by atoms with Crippen LogP contribution in [0.3, 0.4) is 0 Å². The smallest absolute Gasteiger partial charge is 0.117 e. The molecule has 92 valence electrons. The summed E-state index contributed by atoms with van der Waals surface area (Å²) in [6.45, 7) is 8.03. The highest BCUT2D eigenvalue weighted by atomic mass is 15.2. The summed E-state index contributed by atoms with van der Waals surface area (Å²) in [5.41, 5.74) is 11.0. The van der Waals surface area contributed by atoms with E-state index in [0.717, 1.165) is 6.42 Å². The zero-order chi connectivity index (χ0) is 12.8. The van der Waals surface area contributed by atoms with Crippen LogP contribution in [0.1, 0.15) is 26.7 Å². The molecule has 16 heavy (non-hydrogen) atoms. The van der Waals surface area contributed by atoms with E-state index in [1.807, 2.05) is 25.8 Å². The molecule has 0 aromatic carbocycles. The van der Waals surface area contributed by atoms with Crippen LogP contribution in [0.4, 0.5) is 0 Å². The fourth-order valence-electron chi connectivity index (χ4n) is 1.10. The predicted octanol–water partition coefficient (Wildman–Crippen LogP) is 0.914. The molecule has 0 atom stereocenters. The van der Waals surface area contributed by atoms with E-state index in [1.165, 1.54) is 0 Å². The molecular weight excluding hydrogens is 202 g/mol. The van der Waals surface area contributed by atoms with Crippen LogP contribution in [0.15, 0.2) is 17.4 Å². The van der Waals surface area contributed by atoms with Gasteiger partial charge in [0.05, 0.1) is 11.9 Å². The van der Waals surface area contributed by atoms with Crippen molar-refractivity contribution in [2.24, 2.45) is 16.5 Å². The van der Waals surface area contributed by atoms with Gasteiger partial charge >= 0.3 is 0 Å². The minimum absolute atomic E-state index is 0.260. The minimum atomic E-state index is -0.381. The van der Waals surface area contributed by atoms with Crippen molar-refractivity contribution in [1.29, 1.82) is 5.41 Å². The van der Waals surface area contributed by atoms with E-state index in [2.05, 4.69) is 11.6 Å². The molecule has 5 nitrogen and oxygen atoms in total. The van der Waals surface area contributed by atoms with Gasteiger partial charge in [0, 0.05) is 12.8 Å². The van der Waals surface area contributed by atoms with Crippen molar-refractivity contribution in [3.05, 3.63) is 12.4 Å². The molecule has 0 aromatic heterocycles. The molecule has 5 heteroatoms. The Hall–Kier alpha value is -1.36. The Morgan fingerprint density at radius 1 is 1.56 bits per heavy atom. The molecule has 0 aliphatic heterocycles. The van der Waals surface area contributed by atoms with Gasteiger partial charge < -0.3 is 21.8 Å². The maximum Gasteiger partial charge on any atom is 0.117 e. The van der Waals surface area contributed by atoms with Crippen LogP contribution < -0.4 is 11.5 Å². The van der Waals surface area contributed by atoms with E-state index in [0.29, 0.717) is 18.7 Å². The van der Waals surface area contributed by atoms with Gasteiger partial charge in [-0.3, -0.25) is 0 Å². The van der Waals surface area contributed by atoms with Crippen LogP contribution in [-0.4, -0.2) is 36.1 Å². The summed E-state index contributed by atoms with van der Waals surface area (Å²) in [5, 5.41) is 8.00. The summed E-state index contributed by atoms with van der Waals surface area (Å²) in [4.78, 5) is 5.77. The van der Waals surface area contributed by atoms with Crippen molar-refractivity contribution in [3.63, 3.8) is 0 Å². The summed E-state index contributed by atoms with van der Waals surface area (Å²) in [5.74, 6) is 0.260. The third-order valence-corrected chi connectivity index (χ3v) is 2.65. The summed E-state index contributed by atoms with van der Waals surface area (Å²) >= 11 is 0. The summed E-state index contributed by atoms with van der Waals surface area (Å²) in [6, 6.07) is 0. The first kappa shape index (κ1) is 14.6. The quantitative estimate of drug-likeness (QED) is 0.444. The minimum Gasteiger partial charge on any atom is -0.384 e. The maximum absolute atomic E-state index is 8.00. The molecule has 0 fully saturated rings. The zero-order valence-electron chi connectivity index (χ0n) is 10.5. The molecule has 0 bridgehead atoms. The van der Waals surface area contributed by atoms with Crippen LogP contribution in [0.5, 0.6) is 0 Å². The van der Waals surface area contributed by atoms with Gasteiger partial charge in [-0.2, -0.15) is 0 Å². The number of nitrogens with one attached hydrogen (secondary N) is 1. The molecule has 0 heterocycles. The number of hydrogen-bond acceptors (Lipinski definition) is 4. The van der Waals surface area contributed by atoms with Gasteiger partial charge in [-0.15, -0.1) is 0 Å². The highest BCUT2D eigenvalue weighted by Crippen LogP contribution is 2.15. The Kier molecular flexibility index (Phi) is 5.74.